The van der Waals surface area contributed by atoms with Gasteiger partial charge < -0.3 is 15.5 Å². The fourth-order valence-corrected chi connectivity index (χ4v) is 3.22. The van der Waals surface area contributed by atoms with E-state index in [1.54, 1.807) is 11.3 Å². The highest BCUT2D eigenvalue weighted by Crippen LogP contribution is 2.34. The first-order chi connectivity index (χ1) is 10.6. The number of hydrogen-bond acceptors (Lipinski definition) is 4. The maximum absolute atomic E-state index is 4.77. The second kappa shape index (κ2) is 8.48. The zero-order valence-corrected chi connectivity index (χ0v) is 15.0. The third-order valence-corrected chi connectivity index (χ3v) is 4.77. The Morgan fingerprint density at radius 2 is 2.23 bits per heavy atom. The summed E-state index contributed by atoms with van der Waals surface area (Å²) in [6, 6.07) is 0.566. The van der Waals surface area contributed by atoms with Crippen molar-refractivity contribution in [1.29, 1.82) is 0 Å². The fraction of sp³-hybridized carbons (Fsp3) is 0.750. The van der Waals surface area contributed by atoms with Crippen LogP contribution in [0.3, 0.4) is 0 Å². The first-order valence-electron chi connectivity index (χ1n) is 8.19. The molecule has 1 saturated carbocycles. The summed E-state index contributed by atoms with van der Waals surface area (Å²) in [5.74, 6) is 1.75. The maximum Gasteiger partial charge on any atom is 0.191 e. The summed E-state index contributed by atoms with van der Waals surface area (Å²) < 4.78 is 0. The van der Waals surface area contributed by atoms with E-state index in [4.69, 9.17) is 4.99 Å². The average molecular weight is 324 g/mol. The minimum atomic E-state index is 0.566. The van der Waals surface area contributed by atoms with Crippen molar-refractivity contribution in [3.05, 3.63) is 16.1 Å². The van der Waals surface area contributed by atoms with Crippen molar-refractivity contribution in [1.82, 2.24) is 20.5 Å². The van der Waals surface area contributed by atoms with Crippen molar-refractivity contribution in [2.24, 2.45) is 10.9 Å². The lowest BCUT2D eigenvalue weighted by Gasteiger charge is -2.22. The van der Waals surface area contributed by atoms with Gasteiger partial charge >= 0.3 is 0 Å². The third kappa shape index (κ3) is 5.57. The van der Waals surface area contributed by atoms with E-state index in [1.807, 2.05) is 6.92 Å². The van der Waals surface area contributed by atoms with Crippen molar-refractivity contribution in [3.63, 3.8) is 0 Å². The number of aliphatic imine (C=N–C) groups is 1. The molecule has 124 valence electrons. The van der Waals surface area contributed by atoms with Crippen LogP contribution in [-0.2, 0) is 6.42 Å². The molecule has 22 heavy (non-hydrogen) atoms. The standard InChI is InChI=1S/C16H29N5S/c1-5-17-16(18-9-8-14-11-22-12(2)20-14)19-10-15(21(3)4)13-6-7-13/h11,13,15H,5-10H2,1-4H3,(H2,17,18,19). The molecule has 0 amide bonds. The normalized spacial score (nSPS) is 16.9. The molecule has 6 heteroatoms. The van der Waals surface area contributed by atoms with E-state index in [1.165, 1.54) is 12.8 Å². The minimum Gasteiger partial charge on any atom is -0.357 e. The number of thiazole rings is 1. The summed E-state index contributed by atoms with van der Waals surface area (Å²) >= 11 is 1.71. The number of aryl methyl sites for hydroxylation is 1. The molecule has 1 fully saturated rings. The number of hydrogen-bond donors (Lipinski definition) is 2. The van der Waals surface area contributed by atoms with Gasteiger partial charge in [0.2, 0.25) is 0 Å². The van der Waals surface area contributed by atoms with Gasteiger partial charge in [0.1, 0.15) is 0 Å². The second-order valence-electron chi connectivity index (χ2n) is 6.12. The summed E-state index contributed by atoms with van der Waals surface area (Å²) in [5, 5.41) is 10.0. The number of aromatic nitrogens is 1. The van der Waals surface area contributed by atoms with Gasteiger partial charge in [-0.15, -0.1) is 11.3 Å². The van der Waals surface area contributed by atoms with Crippen LogP contribution in [0.15, 0.2) is 10.4 Å². The Kier molecular flexibility index (Phi) is 6.64. The van der Waals surface area contributed by atoms with E-state index in [2.05, 4.69) is 46.9 Å². The monoisotopic (exact) mass is 323 g/mol. The van der Waals surface area contributed by atoms with Crippen LogP contribution in [0, 0.1) is 12.8 Å². The van der Waals surface area contributed by atoms with Crippen molar-refractivity contribution in [2.45, 2.75) is 39.2 Å². The van der Waals surface area contributed by atoms with Gasteiger partial charge in [-0.05, 0) is 46.7 Å². The Labute approximate surface area is 138 Å². The molecule has 1 heterocycles. The molecule has 5 nitrogen and oxygen atoms in total. The zero-order chi connectivity index (χ0) is 15.9. The zero-order valence-electron chi connectivity index (χ0n) is 14.2. The molecule has 1 aromatic heterocycles. The van der Waals surface area contributed by atoms with E-state index in [0.717, 1.165) is 48.6 Å². The number of nitrogens with zero attached hydrogens (tertiary/aromatic N) is 3. The van der Waals surface area contributed by atoms with Crippen LogP contribution in [0.1, 0.15) is 30.5 Å². The Morgan fingerprint density at radius 3 is 2.77 bits per heavy atom. The van der Waals surface area contributed by atoms with Gasteiger partial charge in [0.25, 0.3) is 0 Å². The number of guanidine groups is 1. The molecule has 0 radical (unpaired) electrons. The number of nitrogens with one attached hydrogen (secondary N) is 2. The fourth-order valence-electron chi connectivity index (χ4n) is 2.57. The molecule has 0 aliphatic heterocycles. The van der Waals surface area contributed by atoms with E-state index in [9.17, 15) is 0 Å². The van der Waals surface area contributed by atoms with Gasteiger partial charge in [-0.3, -0.25) is 4.99 Å². The van der Waals surface area contributed by atoms with Crippen molar-refractivity contribution >= 4 is 17.3 Å². The van der Waals surface area contributed by atoms with E-state index < -0.39 is 0 Å². The Morgan fingerprint density at radius 1 is 1.45 bits per heavy atom. The lowest BCUT2D eigenvalue weighted by molar-refractivity contribution is 0.271. The summed E-state index contributed by atoms with van der Waals surface area (Å²) in [4.78, 5) is 11.6. The second-order valence-corrected chi connectivity index (χ2v) is 7.18. The molecule has 0 spiro atoms. The molecule has 2 N–H and O–H groups in total. The molecule has 1 aromatic rings. The molecule has 1 unspecified atom stereocenters. The first-order valence-corrected chi connectivity index (χ1v) is 9.07. The SMILES string of the molecule is CCNC(=NCC(C1CC1)N(C)C)NCCc1csc(C)n1. The highest BCUT2D eigenvalue weighted by Gasteiger charge is 2.32. The summed E-state index contributed by atoms with van der Waals surface area (Å²) in [7, 11) is 4.31. The minimum absolute atomic E-state index is 0.566. The van der Waals surface area contributed by atoms with E-state index in [-0.39, 0.29) is 0 Å². The number of likely N-dealkylation sites (N-methyl/N-ethyl adjacent to an activating group) is 1. The number of rotatable bonds is 8. The van der Waals surface area contributed by atoms with Gasteiger partial charge in [0, 0.05) is 30.9 Å². The molecule has 1 aliphatic carbocycles. The Balaban J connectivity index is 1.81. The van der Waals surface area contributed by atoms with Crippen LogP contribution < -0.4 is 10.6 Å². The van der Waals surface area contributed by atoms with E-state index >= 15 is 0 Å². The lowest BCUT2D eigenvalue weighted by Crippen LogP contribution is -2.40. The molecule has 1 aliphatic rings. The van der Waals surface area contributed by atoms with Crippen molar-refractivity contribution in [3.8, 4) is 0 Å². The predicted molar refractivity (Wildman–Crippen MR) is 94.7 cm³/mol. The van der Waals surface area contributed by atoms with Crippen molar-refractivity contribution < 1.29 is 0 Å². The van der Waals surface area contributed by atoms with Crippen LogP contribution in [-0.4, -0.2) is 55.6 Å². The topological polar surface area (TPSA) is 52.6 Å². The van der Waals surface area contributed by atoms with Gasteiger partial charge in [0.05, 0.1) is 17.2 Å². The molecular formula is C16H29N5S. The lowest BCUT2D eigenvalue weighted by atomic mass is 10.2. The van der Waals surface area contributed by atoms with Crippen molar-refractivity contribution in [2.75, 3.05) is 33.7 Å². The van der Waals surface area contributed by atoms with Crippen LogP contribution in [0.4, 0.5) is 0 Å². The molecular weight excluding hydrogens is 294 g/mol. The van der Waals surface area contributed by atoms with E-state index in [0.29, 0.717) is 6.04 Å². The molecule has 1 atom stereocenters. The Hall–Kier alpha value is -1.14. The van der Waals surface area contributed by atoms with Gasteiger partial charge in [-0.2, -0.15) is 0 Å². The first kappa shape index (κ1) is 17.2. The van der Waals surface area contributed by atoms with Gasteiger partial charge in [0.15, 0.2) is 5.96 Å². The molecule has 0 aromatic carbocycles. The summed E-state index contributed by atoms with van der Waals surface area (Å²) in [6.45, 7) is 6.77. The third-order valence-electron chi connectivity index (χ3n) is 3.95. The Bertz CT molecular complexity index is 477. The molecule has 0 bridgehead atoms. The smallest absolute Gasteiger partial charge is 0.191 e. The largest absolute Gasteiger partial charge is 0.357 e. The predicted octanol–water partition coefficient (Wildman–Crippen LogP) is 1.89. The quantitative estimate of drug-likeness (QED) is 0.567. The van der Waals surface area contributed by atoms with Crippen LogP contribution >= 0.6 is 11.3 Å². The average Bonchev–Trinajstić information content (AvgIpc) is 3.21. The molecule has 2 rings (SSSR count). The molecule has 0 saturated heterocycles. The van der Waals surface area contributed by atoms with Crippen LogP contribution in [0.5, 0.6) is 0 Å². The van der Waals surface area contributed by atoms with Gasteiger partial charge in [-0.25, -0.2) is 4.98 Å². The summed E-state index contributed by atoms with van der Waals surface area (Å²) in [5.41, 5.74) is 1.16. The summed E-state index contributed by atoms with van der Waals surface area (Å²) in [6.07, 6.45) is 3.64. The van der Waals surface area contributed by atoms with Gasteiger partial charge in [-0.1, -0.05) is 0 Å². The highest BCUT2D eigenvalue weighted by atomic mass is 32.1. The highest BCUT2D eigenvalue weighted by molar-refractivity contribution is 7.09. The van der Waals surface area contributed by atoms with Crippen LogP contribution in [0.25, 0.3) is 0 Å². The maximum atomic E-state index is 4.77. The van der Waals surface area contributed by atoms with Crippen LogP contribution in [0.2, 0.25) is 0 Å².